The number of benzene rings is 3. The monoisotopic (exact) mass is 405 g/mol. The highest BCUT2D eigenvalue weighted by Crippen LogP contribution is 2.50. The van der Waals surface area contributed by atoms with Crippen LogP contribution in [0.4, 0.5) is 5.69 Å². The molecule has 3 aromatic rings. The van der Waals surface area contributed by atoms with Crippen molar-refractivity contribution in [3.05, 3.63) is 108 Å². The van der Waals surface area contributed by atoms with Crippen LogP contribution in [0.25, 0.3) is 6.08 Å². The molecule has 3 aromatic carbocycles. The van der Waals surface area contributed by atoms with E-state index >= 15 is 0 Å². The normalized spacial score (nSPS) is 21.7. The average Bonchev–Trinajstić information content (AvgIpc) is 2.76. The zero-order valence-corrected chi connectivity index (χ0v) is 16.8. The third-order valence-corrected chi connectivity index (χ3v) is 6.79. The molecular weight excluding hydrogens is 386 g/mol. The third-order valence-electron chi connectivity index (χ3n) is 4.77. The molecule has 0 unspecified atom stereocenters. The van der Waals surface area contributed by atoms with Gasteiger partial charge >= 0.3 is 0 Å². The highest BCUT2D eigenvalue weighted by molar-refractivity contribution is 8.02. The maximum absolute atomic E-state index is 13.1. The van der Waals surface area contributed by atoms with Gasteiger partial charge < -0.3 is 0 Å². The molecule has 0 N–H and O–H groups in total. The van der Waals surface area contributed by atoms with Gasteiger partial charge in [0.1, 0.15) is 0 Å². The molecule has 0 radical (unpaired) electrons. The molecule has 0 bridgehead atoms. The lowest BCUT2D eigenvalue weighted by atomic mass is 9.97. The van der Waals surface area contributed by atoms with Gasteiger partial charge in [0, 0.05) is 11.4 Å². The molecule has 2 atom stereocenters. The Hall–Kier alpha value is -2.49. The van der Waals surface area contributed by atoms with Crippen LogP contribution in [0, 0.1) is 0 Å². The molecule has 0 spiro atoms. The number of nitrogens with zero attached hydrogens (tertiary/aromatic N) is 1. The van der Waals surface area contributed by atoms with E-state index in [1.165, 1.54) is 11.8 Å². The van der Waals surface area contributed by atoms with E-state index in [-0.39, 0.29) is 11.9 Å². The summed E-state index contributed by atoms with van der Waals surface area (Å²) < 4.78 is -1.00. The van der Waals surface area contributed by atoms with Crippen LogP contribution in [0.3, 0.4) is 0 Å². The van der Waals surface area contributed by atoms with Crippen molar-refractivity contribution in [3.8, 4) is 0 Å². The lowest BCUT2D eigenvalue weighted by molar-refractivity contribution is -0.124. The second kappa shape index (κ2) is 8.26. The SMILES string of the molecule is O=C1N(c2ccccc2)[C@H](/C=C/c2ccccc2)[C@]1(Cl)SCc1ccccc1. The van der Waals surface area contributed by atoms with Gasteiger partial charge in [-0.2, -0.15) is 0 Å². The summed E-state index contributed by atoms with van der Waals surface area (Å²) >= 11 is 8.40. The minimum absolute atomic E-state index is 0.0657. The third kappa shape index (κ3) is 3.73. The number of para-hydroxylation sites is 1. The van der Waals surface area contributed by atoms with Gasteiger partial charge in [-0.1, -0.05) is 103 Å². The van der Waals surface area contributed by atoms with Gasteiger partial charge in [0.2, 0.25) is 0 Å². The van der Waals surface area contributed by atoms with E-state index < -0.39 is 4.21 Å². The molecule has 1 aliphatic rings. The van der Waals surface area contributed by atoms with Crippen molar-refractivity contribution in [2.75, 3.05) is 4.90 Å². The first-order valence-corrected chi connectivity index (χ1v) is 10.5. The Bertz CT molecular complexity index is 962. The number of alkyl halides is 1. The number of amides is 1. The first-order chi connectivity index (χ1) is 13.7. The van der Waals surface area contributed by atoms with E-state index in [4.69, 9.17) is 11.6 Å². The van der Waals surface area contributed by atoms with E-state index in [0.717, 1.165) is 16.8 Å². The summed E-state index contributed by atoms with van der Waals surface area (Å²) in [6, 6.07) is 29.6. The molecule has 1 heterocycles. The molecule has 1 fully saturated rings. The van der Waals surface area contributed by atoms with Crippen LogP contribution < -0.4 is 4.90 Å². The van der Waals surface area contributed by atoms with E-state index in [1.807, 2.05) is 91.0 Å². The average molecular weight is 406 g/mol. The van der Waals surface area contributed by atoms with Crippen LogP contribution in [0.15, 0.2) is 97.1 Å². The predicted octanol–water partition coefficient (Wildman–Crippen LogP) is 5.98. The van der Waals surface area contributed by atoms with Crippen molar-refractivity contribution in [3.63, 3.8) is 0 Å². The van der Waals surface area contributed by atoms with Gasteiger partial charge in [-0.3, -0.25) is 9.69 Å². The fourth-order valence-electron chi connectivity index (χ4n) is 3.27. The fraction of sp³-hybridized carbons (Fsp3) is 0.125. The molecule has 4 heteroatoms. The van der Waals surface area contributed by atoms with Gasteiger partial charge in [-0.05, 0) is 23.3 Å². The summed E-state index contributed by atoms with van der Waals surface area (Å²) in [6.07, 6.45) is 4.07. The standard InChI is InChI=1S/C24H20ClNOS/c25-24(28-18-20-12-6-2-7-13-20)22(17-16-19-10-4-1-5-11-19)26(23(24)27)21-14-8-3-9-15-21/h1-17,22H,18H2/b17-16+/t22-,24+/m1/s1. The van der Waals surface area contributed by atoms with Gasteiger partial charge in [0.15, 0.2) is 4.21 Å². The summed E-state index contributed by atoms with van der Waals surface area (Å²) in [4.78, 5) is 14.8. The largest absolute Gasteiger partial charge is 0.300 e. The Morgan fingerprint density at radius 2 is 1.46 bits per heavy atom. The summed E-state index contributed by atoms with van der Waals surface area (Å²) in [5.41, 5.74) is 3.11. The number of carbonyl (C=O) groups excluding carboxylic acids is 1. The molecule has 1 amide bonds. The predicted molar refractivity (Wildman–Crippen MR) is 120 cm³/mol. The van der Waals surface area contributed by atoms with Crippen molar-refractivity contribution >= 4 is 41.0 Å². The maximum atomic E-state index is 13.1. The molecule has 1 saturated heterocycles. The van der Waals surface area contributed by atoms with Gasteiger partial charge in [0.25, 0.3) is 5.91 Å². The lowest BCUT2D eigenvalue weighted by Crippen LogP contribution is -2.69. The van der Waals surface area contributed by atoms with Crippen LogP contribution in [0.5, 0.6) is 0 Å². The Labute approximate surface area is 174 Å². The van der Waals surface area contributed by atoms with Crippen molar-refractivity contribution < 1.29 is 4.79 Å². The van der Waals surface area contributed by atoms with Crippen LogP contribution >= 0.6 is 23.4 Å². The van der Waals surface area contributed by atoms with E-state index in [2.05, 4.69) is 12.1 Å². The molecule has 0 aliphatic carbocycles. The molecule has 1 aliphatic heterocycles. The lowest BCUT2D eigenvalue weighted by Gasteiger charge is -2.51. The number of anilines is 1. The van der Waals surface area contributed by atoms with Gasteiger partial charge in [-0.25, -0.2) is 0 Å². The summed E-state index contributed by atoms with van der Waals surface area (Å²) in [7, 11) is 0. The highest BCUT2D eigenvalue weighted by Gasteiger charge is 2.59. The summed E-state index contributed by atoms with van der Waals surface area (Å²) in [5, 5.41) is 0. The van der Waals surface area contributed by atoms with Crippen LogP contribution in [-0.2, 0) is 10.5 Å². The Kier molecular flexibility index (Phi) is 5.56. The Balaban J connectivity index is 1.60. The van der Waals surface area contributed by atoms with E-state index in [1.54, 1.807) is 4.90 Å². The molecule has 140 valence electrons. The van der Waals surface area contributed by atoms with Gasteiger partial charge in [-0.15, -0.1) is 11.8 Å². The summed E-state index contributed by atoms with van der Waals surface area (Å²) in [5.74, 6) is 0.623. The fourth-order valence-corrected chi connectivity index (χ4v) is 4.84. The maximum Gasteiger partial charge on any atom is 0.261 e. The minimum Gasteiger partial charge on any atom is -0.300 e. The zero-order chi connectivity index (χ0) is 19.4. The molecule has 2 nitrogen and oxygen atoms in total. The smallest absolute Gasteiger partial charge is 0.261 e. The Morgan fingerprint density at radius 3 is 2.11 bits per heavy atom. The van der Waals surface area contributed by atoms with E-state index in [0.29, 0.717) is 5.75 Å². The number of hydrogen-bond donors (Lipinski definition) is 0. The van der Waals surface area contributed by atoms with Crippen LogP contribution in [0.2, 0.25) is 0 Å². The first kappa shape index (κ1) is 18.9. The quantitative estimate of drug-likeness (QED) is 0.371. The number of β-lactam (4-membered cyclic amide) rings is 1. The number of thioether (sulfide) groups is 1. The second-order valence-corrected chi connectivity index (χ2v) is 8.69. The highest BCUT2D eigenvalue weighted by atomic mass is 35.5. The molecule has 28 heavy (non-hydrogen) atoms. The molecule has 0 saturated carbocycles. The van der Waals surface area contributed by atoms with Crippen molar-refractivity contribution in [1.29, 1.82) is 0 Å². The number of halogens is 1. The van der Waals surface area contributed by atoms with Gasteiger partial charge in [0.05, 0.1) is 6.04 Å². The second-order valence-electron chi connectivity index (χ2n) is 6.64. The first-order valence-electron chi connectivity index (χ1n) is 9.17. The molecular formula is C24H20ClNOS. The topological polar surface area (TPSA) is 20.3 Å². The zero-order valence-electron chi connectivity index (χ0n) is 15.2. The minimum atomic E-state index is -1.00. The number of rotatable bonds is 6. The Morgan fingerprint density at radius 1 is 0.893 bits per heavy atom. The van der Waals surface area contributed by atoms with E-state index in [9.17, 15) is 4.79 Å². The molecule has 0 aromatic heterocycles. The number of hydrogen-bond acceptors (Lipinski definition) is 2. The summed E-state index contributed by atoms with van der Waals surface area (Å²) in [6.45, 7) is 0. The number of carbonyl (C=O) groups is 1. The van der Waals surface area contributed by atoms with Crippen molar-refractivity contribution in [2.24, 2.45) is 0 Å². The van der Waals surface area contributed by atoms with Crippen LogP contribution in [0.1, 0.15) is 11.1 Å². The molecule has 4 rings (SSSR count). The van der Waals surface area contributed by atoms with Crippen molar-refractivity contribution in [2.45, 2.75) is 16.0 Å². The van der Waals surface area contributed by atoms with Crippen molar-refractivity contribution in [1.82, 2.24) is 0 Å². The van der Waals surface area contributed by atoms with Crippen LogP contribution in [-0.4, -0.2) is 16.2 Å².